The zero-order chi connectivity index (χ0) is 22.4. The Balaban J connectivity index is 1.56. The van der Waals surface area contributed by atoms with E-state index in [4.69, 9.17) is 11.6 Å². The van der Waals surface area contributed by atoms with E-state index in [-0.39, 0.29) is 28.4 Å². The van der Waals surface area contributed by atoms with Gasteiger partial charge >= 0.3 is 0 Å². The van der Waals surface area contributed by atoms with Gasteiger partial charge in [0.1, 0.15) is 5.56 Å². The molecule has 0 aliphatic carbocycles. The average Bonchev–Trinajstić information content (AvgIpc) is 3.13. The number of rotatable bonds is 4. The number of nitrogens with zero attached hydrogens (tertiary/aromatic N) is 1. The highest BCUT2D eigenvalue weighted by Gasteiger charge is 2.25. The molecule has 2 heterocycles. The van der Waals surface area contributed by atoms with Gasteiger partial charge in [-0.15, -0.1) is 0 Å². The molecule has 0 fully saturated rings. The highest BCUT2D eigenvalue weighted by molar-refractivity contribution is 6.31. The van der Waals surface area contributed by atoms with E-state index in [0.29, 0.717) is 21.7 Å². The minimum Gasteiger partial charge on any atom is -0.343 e. The molecule has 4 aromatic rings. The van der Waals surface area contributed by atoms with Crippen molar-refractivity contribution in [3.63, 3.8) is 0 Å². The maximum absolute atomic E-state index is 13.2. The van der Waals surface area contributed by atoms with Crippen LogP contribution in [-0.4, -0.2) is 16.3 Å². The van der Waals surface area contributed by atoms with Crippen LogP contribution in [0.3, 0.4) is 0 Å². The Kier molecular flexibility index (Phi) is 4.91. The highest BCUT2D eigenvalue weighted by Crippen LogP contribution is 2.31. The molecule has 1 atom stereocenters. The Morgan fingerprint density at radius 2 is 1.78 bits per heavy atom. The second-order valence-electron chi connectivity index (χ2n) is 7.98. The van der Waals surface area contributed by atoms with E-state index in [1.165, 1.54) is 6.07 Å². The fourth-order valence-electron chi connectivity index (χ4n) is 4.33. The molecular weight excluding hydrogens is 424 g/mol. The van der Waals surface area contributed by atoms with Crippen molar-refractivity contribution >= 4 is 39.9 Å². The van der Waals surface area contributed by atoms with E-state index in [1.54, 1.807) is 48.7 Å². The zero-order valence-corrected chi connectivity index (χ0v) is 18.0. The Labute approximate surface area is 189 Å². The Hall–Kier alpha value is -3.70. The lowest BCUT2D eigenvalue weighted by molar-refractivity contribution is 0.102. The first-order valence-corrected chi connectivity index (χ1v) is 10.7. The fraction of sp³-hybridized carbons (Fsp3) is 0.115. The Bertz CT molecular complexity index is 1460. The number of carbonyl (C=O) groups is 2. The summed E-state index contributed by atoms with van der Waals surface area (Å²) in [6.07, 6.45) is 2.44. The molecule has 5 nitrogen and oxygen atoms in total. The third kappa shape index (κ3) is 3.31. The normalized spacial score (nSPS) is 14.5. The molecule has 158 valence electrons. The predicted octanol–water partition coefficient (Wildman–Crippen LogP) is 5.26. The van der Waals surface area contributed by atoms with Gasteiger partial charge in [-0.25, -0.2) is 0 Å². The van der Waals surface area contributed by atoms with Crippen LogP contribution in [-0.2, 0) is 6.42 Å². The van der Waals surface area contributed by atoms with Crippen molar-refractivity contribution in [1.82, 2.24) is 4.57 Å². The van der Waals surface area contributed by atoms with Gasteiger partial charge in [-0.3, -0.25) is 14.4 Å². The molecule has 1 aliphatic heterocycles. The lowest BCUT2D eigenvalue weighted by Gasteiger charge is -2.14. The molecule has 3 aromatic carbocycles. The zero-order valence-electron chi connectivity index (χ0n) is 17.3. The number of anilines is 1. The van der Waals surface area contributed by atoms with Gasteiger partial charge < -0.3 is 9.88 Å². The summed E-state index contributed by atoms with van der Waals surface area (Å²) in [5.74, 6) is -0.829. The summed E-state index contributed by atoms with van der Waals surface area (Å²) in [6.45, 7) is 2.06. The van der Waals surface area contributed by atoms with Crippen LogP contribution < -0.4 is 10.7 Å². The molecule has 0 bridgehead atoms. The molecule has 1 amide bonds. The SMILES string of the molecule is C[C@@H]1Cc2cccc3c(=O)c(C(=O)Nc4ccc(Cl)cc4C(=O)c4ccccc4)cn1c23. The highest BCUT2D eigenvalue weighted by atomic mass is 35.5. The summed E-state index contributed by atoms with van der Waals surface area (Å²) in [5.41, 5.74) is 2.74. The van der Waals surface area contributed by atoms with Crippen molar-refractivity contribution in [1.29, 1.82) is 0 Å². The van der Waals surface area contributed by atoms with E-state index in [0.717, 1.165) is 17.5 Å². The molecular formula is C26H19ClN2O3. The Morgan fingerprint density at radius 1 is 1.00 bits per heavy atom. The molecule has 0 unspecified atom stereocenters. The van der Waals surface area contributed by atoms with Gasteiger partial charge in [0, 0.05) is 33.8 Å². The second-order valence-corrected chi connectivity index (χ2v) is 8.42. The first-order valence-electron chi connectivity index (χ1n) is 10.3. The van der Waals surface area contributed by atoms with Crippen LogP contribution in [0, 0.1) is 0 Å². The van der Waals surface area contributed by atoms with Gasteiger partial charge in [-0.2, -0.15) is 0 Å². The van der Waals surface area contributed by atoms with Crippen molar-refractivity contribution in [3.05, 3.63) is 110 Å². The maximum atomic E-state index is 13.2. The van der Waals surface area contributed by atoms with Crippen molar-refractivity contribution in [2.75, 3.05) is 5.32 Å². The van der Waals surface area contributed by atoms with Crippen molar-refractivity contribution < 1.29 is 9.59 Å². The largest absolute Gasteiger partial charge is 0.343 e. The predicted molar refractivity (Wildman–Crippen MR) is 126 cm³/mol. The summed E-state index contributed by atoms with van der Waals surface area (Å²) in [6, 6.07) is 19.2. The average molecular weight is 443 g/mol. The van der Waals surface area contributed by atoms with E-state index in [2.05, 4.69) is 12.2 Å². The summed E-state index contributed by atoms with van der Waals surface area (Å²) in [7, 11) is 0. The van der Waals surface area contributed by atoms with Crippen LogP contribution in [0.1, 0.15) is 44.8 Å². The monoisotopic (exact) mass is 442 g/mol. The first-order chi connectivity index (χ1) is 15.4. The van der Waals surface area contributed by atoms with Crippen LogP contribution in [0.5, 0.6) is 0 Å². The van der Waals surface area contributed by atoms with E-state index in [1.807, 2.05) is 22.8 Å². The second kappa shape index (κ2) is 7.77. The third-order valence-corrected chi connectivity index (χ3v) is 6.12. The molecule has 5 rings (SSSR count). The van der Waals surface area contributed by atoms with Crippen LogP contribution >= 0.6 is 11.6 Å². The first kappa shape index (κ1) is 20.2. The number of halogens is 1. The third-order valence-electron chi connectivity index (χ3n) is 5.88. The van der Waals surface area contributed by atoms with Gasteiger partial charge in [0.2, 0.25) is 5.43 Å². The minimum absolute atomic E-state index is 0.0384. The molecule has 6 heteroatoms. The summed E-state index contributed by atoms with van der Waals surface area (Å²) < 4.78 is 1.98. The number of amides is 1. The molecule has 0 spiro atoms. The van der Waals surface area contributed by atoms with Crippen LogP contribution in [0.2, 0.25) is 5.02 Å². The molecule has 0 saturated carbocycles. The van der Waals surface area contributed by atoms with Crippen molar-refractivity contribution in [2.45, 2.75) is 19.4 Å². The van der Waals surface area contributed by atoms with Crippen LogP contribution in [0.25, 0.3) is 10.9 Å². The molecule has 1 aliphatic rings. The number of benzene rings is 3. The van der Waals surface area contributed by atoms with Crippen LogP contribution in [0.15, 0.2) is 77.7 Å². The molecule has 32 heavy (non-hydrogen) atoms. The number of pyridine rings is 1. The molecule has 1 aromatic heterocycles. The number of ketones is 1. The van der Waals surface area contributed by atoms with Crippen molar-refractivity contribution in [3.8, 4) is 0 Å². The smallest absolute Gasteiger partial charge is 0.261 e. The molecule has 0 radical (unpaired) electrons. The number of nitrogens with one attached hydrogen (secondary N) is 1. The fourth-order valence-corrected chi connectivity index (χ4v) is 4.50. The lowest BCUT2D eigenvalue weighted by atomic mass is 10.0. The van der Waals surface area contributed by atoms with Gasteiger partial charge in [0.25, 0.3) is 5.91 Å². The Morgan fingerprint density at radius 3 is 2.56 bits per heavy atom. The quantitative estimate of drug-likeness (QED) is 0.438. The summed E-state index contributed by atoms with van der Waals surface area (Å²) >= 11 is 6.14. The standard InChI is InChI=1S/C26H19ClN2O3/c1-15-12-17-8-5-9-19-23(17)29(15)14-21(25(19)31)26(32)28-22-11-10-18(27)13-20(22)24(30)16-6-3-2-4-7-16/h2-11,13-15H,12H2,1H3,(H,28,32)/t15-/m1/s1. The topological polar surface area (TPSA) is 68.2 Å². The summed E-state index contributed by atoms with van der Waals surface area (Å²) in [5, 5.41) is 3.66. The number of aromatic nitrogens is 1. The van der Waals surface area contributed by atoms with E-state index in [9.17, 15) is 14.4 Å². The van der Waals surface area contributed by atoms with Crippen molar-refractivity contribution in [2.24, 2.45) is 0 Å². The summed E-state index contributed by atoms with van der Waals surface area (Å²) in [4.78, 5) is 39.4. The van der Waals surface area contributed by atoms with Gasteiger partial charge in [-0.05, 0) is 43.2 Å². The number of para-hydroxylation sites is 1. The molecule has 1 N–H and O–H groups in total. The van der Waals surface area contributed by atoms with Gasteiger partial charge in [0.15, 0.2) is 5.78 Å². The van der Waals surface area contributed by atoms with Gasteiger partial charge in [0.05, 0.1) is 11.2 Å². The van der Waals surface area contributed by atoms with Gasteiger partial charge in [-0.1, -0.05) is 54.1 Å². The van der Waals surface area contributed by atoms with Crippen LogP contribution in [0.4, 0.5) is 5.69 Å². The number of hydrogen-bond acceptors (Lipinski definition) is 3. The number of carbonyl (C=O) groups excluding carboxylic acids is 2. The number of hydrogen-bond donors (Lipinski definition) is 1. The lowest BCUT2D eigenvalue weighted by Crippen LogP contribution is -2.24. The van der Waals surface area contributed by atoms with E-state index < -0.39 is 5.91 Å². The van der Waals surface area contributed by atoms with E-state index >= 15 is 0 Å². The maximum Gasteiger partial charge on any atom is 0.261 e. The molecule has 0 saturated heterocycles. The minimum atomic E-state index is -0.561.